The van der Waals surface area contributed by atoms with Crippen molar-refractivity contribution in [1.82, 2.24) is 4.98 Å². The Hall–Kier alpha value is -1.54. The molecule has 2 N–H and O–H groups in total. The van der Waals surface area contributed by atoms with Gasteiger partial charge in [-0.25, -0.2) is 13.8 Å². The predicted octanol–water partition coefficient (Wildman–Crippen LogP) is 1.68. The van der Waals surface area contributed by atoms with Gasteiger partial charge in [0.15, 0.2) is 0 Å². The smallest absolute Gasteiger partial charge is 0.311 e. The van der Waals surface area contributed by atoms with Crippen molar-refractivity contribution in [3.63, 3.8) is 0 Å². The molecule has 0 aliphatic heterocycles. The van der Waals surface area contributed by atoms with Crippen LogP contribution in [0.3, 0.4) is 0 Å². The second-order valence-corrected chi connectivity index (χ2v) is 3.51. The van der Waals surface area contributed by atoms with E-state index in [9.17, 15) is 18.9 Å². The molecule has 0 saturated heterocycles. The molecule has 0 fully saturated rings. The van der Waals surface area contributed by atoms with Gasteiger partial charge in [0.2, 0.25) is 5.82 Å². The van der Waals surface area contributed by atoms with Gasteiger partial charge in [-0.1, -0.05) is 11.6 Å². The van der Waals surface area contributed by atoms with E-state index >= 15 is 0 Å². The Bertz CT molecular complexity index is 430. The van der Waals surface area contributed by atoms with Crippen molar-refractivity contribution in [3.05, 3.63) is 27.4 Å². The van der Waals surface area contributed by atoms with E-state index in [2.05, 4.69) is 10.3 Å². The van der Waals surface area contributed by atoms with Crippen molar-refractivity contribution in [2.24, 2.45) is 0 Å². The fraction of sp³-hybridized carbons (Fsp3) is 0.375. The second kappa shape index (κ2) is 5.19. The van der Waals surface area contributed by atoms with Crippen LogP contribution in [0.15, 0.2) is 12.1 Å². The average Bonchev–Trinajstić information content (AvgIpc) is 2.26. The maximum absolute atomic E-state index is 12.7. The first kappa shape index (κ1) is 13.5. The zero-order valence-electron chi connectivity index (χ0n) is 8.36. The molecule has 1 aromatic rings. The van der Waals surface area contributed by atoms with Crippen LogP contribution in [0, 0.1) is 10.1 Å². The maximum Gasteiger partial charge on any atom is 0.311 e. The van der Waals surface area contributed by atoms with Gasteiger partial charge in [-0.15, -0.1) is 0 Å². The number of pyridine rings is 1. The number of nitrogens with zero attached hydrogens (tertiary/aromatic N) is 2. The molecule has 0 amide bonds. The van der Waals surface area contributed by atoms with E-state index in [-0.39, 0.29) is 11.0 Å². The van der Waals surface area contributed by atoms with Crippen LogP contribution in [0.25, 0.3) is 0 Å². The van der Waals surface area contributed by atoms with Crippen LogP contribution in [-0.2, 0) is 0 Å². The molecule has 0 aromatic carbocycles. The Morgan fingerprint density at radius 1 is 1.59 bits per heavy atom. The van der Waals surface area contributed by atoms with Crippen molar-refractivity contribution in [2.45, 2.75) is 5.92 Å². The number of nitro groups is 1. The molecule has 0 radical (unpaired) electrons. The minimum Gasteiger partial charge on any atom is -0.390 e. The van der Waals surface area contributed by atoms with Gasteiger partial charge in [-0.2, -0.15) is 0 Å². The molecule has 0 aliphatic carbocycles. The molecule has 1 aromatic heterocycles. The number of hydrogen-bond donors (Lipinski definition) is 2. The van der Waals surface area contributed by atoms with Crippen molar-refractivity contribution >= 4 is 23.1 Å². The third-order valence-corrected chi connectivity index (χ3v) is 1.99. The van der Waals surface area contributed by atoms with Crippen molar-refractivity contribution in [2.75, 3.05) is 18.5 Å². The molecule has 0 bridgehead atoms. The molecule has 0 atom stereocenters. The number of aliphatic hydroxyl groups excluding tert-OH is 1. The highest BCUT2D eigenvalue weighted by Crippen LogP contribution is 2.25. The standard InChI is InChI=1S/C8H8ClF2N3O3/c9-6-2-1-5(14(16)17)7(13-6)12-3-8(10,11)4-15/h1-2,15H,3-4H2,(H,12,13). The number of rotatable bonds is 5. The maximum atomic E-state index is 12.7. The Labute approximate surface area is 99.4 Å². The van der Waals surface area contributed by atoms with Crippen molar-refractivity contribution < 1.29 is 18.8 Å². The molecule has 0 aliphatic rings. The quantitative estimate of drug-likeness (QED) is 0.481. The molecule has 0 saturated carbocycles. The fourth-order valence-electron chi connectivity index (χ4n) is 0.974. The largest absolute Gasteiger partial charge is 0.390 e. The predicted molar refractivity (Wildman–Crippen MR) is 56.4 cm³/mol. The Kier molecular flexibility index (Phi) is 4.13. The summed E-state index contributed by atoms with van der Waals surface area (Å²) in [6.45, 7) is -2.34. The van der Waals surface area contributed by atoms with Crippen molar-refractivity contribution in [1.29, 1.82) is 0 Å². The van der Waals surface area contributed by atoms with Crippen LogP contribution in [-0.4, -0.2) is 34.1 Å². The van der Waals surface area contributed by atoms with Crippen LogP contribution in [0.2, 0.25) is 5.15 Å². The topological polar surface area (TPSA) is 88.3 Å². The third-order valence-electron chi connectivity index (χ3n) is 1.78. The van der Waals surface area contributed by atoms with Gasteiger partial charge in [0.25, 0.3) is 5.92 Å². The number of aromatic nitrogens is 1. The lowest BCUT2D eigenvalue weighted by atomic mass is 10.3. The van der Waals surface area contributed by atoms with Crippen LogP contribution >= 0.6 is 11.6 Å². The number of aliphatic hydroxyl groups is 1. The van der Waals surface area contributed by atoms with Gasteiger partial charge in [-0.05, 0) is 6.07 Å². The molecular weight excluding hydrogens is 260 g/mol. The molecule has 0 unspecified atom stereocenters. The normalized spacial score (nSPS) is 11.3. The Morgan fingerprint density at radius 3 is 2.76 bits per heavy atom. The van der Waals surface area contributed by atoms with E-state index in [1.807, 2.05) is 0 Å². The van der Waals surface area contributed by atoms with E-state index in [0.29, 0.717) is 0 Å². The molecule has 6 nitrogen and oxygen atoms in total. The minimum atomic E-state index is -3.39. The highest BCUT2D eigenvalue weighted by atomic mass is 35.5. The summed E-state index contributed by atoms with van der Waals surface area (Å²) in [4.78, 5) is 13.3. The summed E-state index contributed by atoms with van der Waals surface area (Å²) >= 11 is 5.49. The lowest BCUT2D eigenvalue weighted by Crippen LogP contribution is -2.31. The minimum absolute atomic E-state index is 0.0644. The van der Waals surface area contributed by atoms with E-state index in [0.717, 1.165) is 6.07 Å². The summed E-state index contributed by atoms with van der Waals surface area (Å²) < 4.78 is 25.5. The van der Waals surface area contributed by atoms with Gasteiger partial charge < -0.3 is 10.4 Å². The average molecular weight is 268 g/mol. The number of anilines is 1. The SMILES string of the molecule is O=[N+]([O-])c1ccc(Cl)nc1NCC(F)(F)CO. The van der Waals surface area contributed by atoms with E-state index in [4.69, 9.17) is 16.7 Å². The Morgan fingerprint density at radius 2 is 2.24 bits per heavy atom. The fourth-order valence-corrected chi connectivity index (χ4v) is 1.12. The van der Waals surface area contributed by atoms with Crippen LogP contribution in [0.1, 0.15) is 0 Å². The zero-order chi connectivity index (χ0) is 13.1. The lowest BCUT2D eigenvalue weighted by Gasteiger charge is -2.14. The van der Waals surface area contributed by atoms with Gasteiger partial charge in [0.05, 0.1) is 11.5 Å². The molecule has 17 heavy (non-hydrogen) atoms. The summed E-state index contributed by atoms with van der Waals surface area (Å²) in [6, 6.07) is 2.23. The first-order valence-electron chi connectivity index (χ1n) is 4.39. The Balaban J connectivity index is 2.89. The van der Waals surface area contributed by atoms with Gasteiger partial charge in [0, 0.05) is 6.07 Å². The lowest BCUT2D eigenvalue weighted by molar-refractivity contribution is -0.384. The monoisotopic (exact) mass is 267 g/mol. The molecule has 9 heteroatoms. The van der Waals surface area contributed by atoms with Gasteiger partial charge >= 0.3 is 5.69 Å². The summed E-state index contributed by atoms with van der Waals surface area (Å²) in [6.07, 6.45) is 0. The van der Waals surface area contributed by atoms with Crippen molar-refractivity contribution in [3.8, 4) is 0 Å². The molecule has 0 spiro atoms. The second-order valence-electron chi connectivity index (χ2n) is 3.13. The first-order chi connectivity index (χ1) is 7.85. The van der Waals surface area contributed by atoms with E-state index in [1.54, 1.807) is 0 Å². The number of nitrogens with one attached hydrogen (secondary N) is 1. The van der Waals surface area contributed by atoms with E-state index < -0.39 is 29.7 Å². The molecular formula is C8H8ClF2N3O3. The highest BCUT2D eigenvalue weighted by Gasteiger charge is 2.29. The number of halogens is 3. The summed E-state index contributed by atoms with van der Waals surface area (Å²) in [5.41, 5.74) is -0.469. The summed E-state index contributed by atoms with van der Waals surface area (Å²) in [7, 11) is 0. The number of alkyl halides is 2. The van der Waals surface area contributed by atoms with E-state index in [1.165, 1.54) is 6.07 Å². The highest BCUT2D eigenvalue weighted by molar-refractivity contribution is 6.29. The first-order valence-corrected chi connectivity index (χ1v) is 4.77. The van der Waals surface area contributed by atoms with Gasteiger partial charge in [0.1, 0.15) is 11.8 Å². The third kappa shape index (κ3) is 3.75. The number of hydrogen-bond acceptors (Lipinski definition) is 5. The summed E-state index contributed by atoms with van der Waals surface area (Å²) in [5, 5.41) is 20.9. The van der Waals surface area contributed by atoms with Crippen LogP contribution in [0.5, 0.6) is 0 Å². The van der Waals surface area contributed by atoms with Gasteiger partial charge in [-0.3, -0.25) is 10.1 Å². The molecule has 1 heterocycles. The zero-order valence-corrected chi connectivity index (χ0v) is 9.12. The van der Waals surface area contributed by atoms with Crippen LogP contribution in [0.4, 0.5) is 20.3 Å². The summed E-state index contributed by atoms with van der Waals surface area (Å²) in [5.74, 6) is -3.76. The van der Waals surface area contributed by atoms with Crippen LogP contribution < -0.4 is 5.32 Å². The molecule has 94 valence electrons. The molecule has 1 rings (SSSR count).